The molecule has 2 unspecified atom stereocenters. The Hall–Kier alpha value is -0.570. The molecule has 24 heavy (non-hydrogen) atoms. The van der Waals surface area contributed by atoms with E-state index in [0.717, 1.165) is 6.42 Å². The monoisotopic (exact) mass is 454 g/mol. The molecule has 0 heterocycles. The highest BCUT2D eigenvalue weighted by Crippen LogP contribution is 2.23. The van der Waals surface area contributed by atoms with Crippen molar-refractivity contribution in [3.05, 3.63) is 0 Å². The average Bonchev–Trinajstić information content (AvgIpc) is 2.51. The van der Waals surface area contributed by atoms with Crippen molar-refractivity contribution in [2.75, 3.05) is 34.3 Å². The molecular formula is C17H35IN4O2. The van der Waals surface area contributed by atoms with E-state index in [0.29, 0.717) is 24.5 Å². The van der Waals surface area contributed by atoms with Gasteiger partial charge in [-0.1, -0.05) is 19.8 Å². The van der Waals surface area contributed by atoms with E-state index in [1.54, 1.807) is 26.1 Å². The summed E-state index contributed by atoms with van der Waals surface area (Å²) < 4.78 is 5.44. The third kappa shape index (κ3) is 8.50. The van der Waals surface area contributed by atoms with Gasteiger partial charge in [0.15, 0.2) is 5.96 Å². The van der Waals surface area contributed by atoms with Gasteiger partial charge in [0.05, 0.1) is 5.60 Å². The largest absolute Gasteiger partial charge is 0.377 e. The zero-order valence-corrected chi connectivity index (χ0v) is 18.3. The highest BCUT2D eigenvalue weighted by molar-refractivity contribution is 14.0. The second-order valence-corrected chi connectivity index (χ2v) is 7.28. The number of nitrogens with zero attached hydrogens (tertiary/aromatic N) is 2. The number of guanidine groups is 1. The topological polar surface area (TPSA) is 66.0 Å². The summed E-state index contributed by atoms with van der Waals surface area (Å²) in [5.41, 5.74) is -0.286. The number of likely N-dealkylation sites (N-methyl/N-ethyl adjacent to an activating group) is 1. The third-order valence-electron chi connectivity index (χ3n) is 4.54. The van der Waals surface area contributed by atoms with Crippen LogP contribution in [0.2, 0.25) is 0 Å². The van der Waals surface area contributed by atoms with Crippen LogP contribution in [0.15, 0.2) is 4.99 Å². The third-order valence-corrected chi connectivity index (χ3v) is 4.54. The van der Waals surface area contributed by atoms with Crippen LogP contribution in [0, 0.1) is 5.92 Å². The lowest BCUT2D eigenvalue weighted by Crippen LogP contribution is -2.50. The van der Waals surface area contributed by atoms with Crippen molar-refractivity contribution in [1.29, 1.82) is 0 Å². The molecule has 142 valence electrons. The molecule has 1 rings (SSSR count). The molecule has 0 spiro atoms. The summed E-state index contributed by atoms with van der Waals surface area (Å²) in [4.78, 5) is 17.8. The predicted molar refractivity (Wildman–Crippen MR) is 110 cm³/mol. The van der Waals surface area contributed by atoms with Gasteiger partial charge in [-0.25, -0.2) is 4.99 Å². The second kappa shape index (κ2) is 11.1. The van der Waals surface area contributed by atoms with Crippen LogP contribution < -0.4 is 10.6 Å². The van der Waals surface area contributed by atoms with Gasteiger partial charge in [0.1, 0.15) is 6.54 Å². The maximum atomic E-state index is 11.8. The molecule has 1 aliphatic rings. The Morgan fingerprint density at radius 1 is 1.29 bits per heavy atom. The minimum atomic E-state index is -0.286. The quantitative estimate of drug-likeness (QED) is 0.367. The van der Waals surface area contributed by atoms with Gasteiger partial charge in [-0.2, -0.15) is 0 Å². The van der Waals surface area contributed by atoms with Crippen LogP contribution in [0.4, 0.5) is 0 Å². The van der Waals surface area contributed by atoms with Crippen LogP contribution in [0.25, 0.3) is 0 Å². The van der Waals surface area contributed by atoms with Crippen LogP contribution in [-0.2, 0) is 9.53 Å². The first-order chi connectivity index (χ1) is 10.7. The van der Waals surface area contributed by atoms with E-state index in [1.807, 2.05) is 13.8 Å². The number of aliphatic imine (C=N–C) groups is 1. The zero-order chi connectivity index (χ0) is 17.5. The van der Waals surface area contributed by atoms with Crippen LogP contribution in [0.1, 0.15) is 46.5 Å². The minimum Gasteiger partial charge on any atom is -0.377 e. The Balaban J connectivity index is 0.00000529. The van der Waals surface area contributed by atoms with Gasteiger partial charge in [0.2, 0.25) is 5.91 Å². The number of hydrogen-bond donors (Lipinski definition) is 2. The smallest absolute Gasteiger partial charge is 0.243 e. The summed E-state index contributed by atoms with van der Waals surface area (Å²) >= 11 is 0. The van der Waals surface area contributed by atoms with Gasteiger partial charge in [-0.05, 0) is 32.6 Å². The van der Waals surface area contributed by atoms with Crippen LogP contribution >= 0.6 is 24.0 Å². The maximum Gasteiger partial charge on any atom is 0.243 e. The lowest BCUT2D eigenvalue weighted by Gasteiger charge is -2.32. The number of carbonyl (C=O) groups excluding carboxylic acids is 1. The van der Waals surface area contributed by atoms with Crippen molar-refractivity contribution < 1.29 is 9.53 Å². The van der Waals surface area contributed by atoms with E-state index in [4.69, 9.17) is 4.74 Å². The van der Waals surface area contributed by atoms with E-state index < -0.39 is 0 Å². The van der Waals surface area contributed by atoms with E-state index in [2.05, 4.69) is 22.5 Å². The first-order valence-corrected chi connectivity index (χ1v) is 8.55. The summed E-state index contributed by atoms with van der Waals surface area (Å²) in [5.74, 6) is 1.31. The Labute approximate surface area is 164 Å². The first-order valence-electron chi connectivity index (χ1n) is 8.55. The number of ether oxygens (including phenoxy) is 1. The molecule has 0 aliphatic heterocycles. The predicted octanol–water partition coefficient (Wildman–Crippen LogP) is 2.23. The summed E-state index contributed by atoms with van der Waals surface area (Å²) in [6, 6.07) is 0.412. The number of amides is 1. The van der Waals surface area contributed by atoms with E-state index in [-0.39, 0.29) is 42.0 Å². The molecule has 0 aromatic heterocycles. The number of rotatable bonds is 6. The molecule has 0 saturated heterocycles. The molecule has 0 aromatic rings. The number of methoxy groups -OCH3 is 1. The molecular weight excluding hydrogens is 419 g/mol. The second-order valence-electron chi connectivity index (χ2n) is 7.28. The number of nitrogens with one attached hydrogen (secondary N) is 2. The van der Waals surface area contributed by atoms with E-state index in [9.17, 15) is 4.79 Å². The molecule has 1 saturated carbocycles. The lowest BCUT2D eigenvalue weighted by molar-refractivity contribution is -0.127. The highest BCUT2D eigenvalue weighted by atomic mass is 127. The molecule has 2 atom stereocenters. The van der Waals surface area contributed by atoms with Crippen molar-refractivity contribution in [1.82, 2.24) is 15.5 Å². The van der Waals surface area contributed by atoms with Gasteiger partial charge in [-0.15, -0.1) is 24.0 Å². The minimum absolute atomic E-state index is 0. The molecule has 1 amide bonds. The molecule has 1 aliphatic carbocycles. The highest BCUT2D eigenvalue weighted by Gasteiger charge is 2.23. The fourth-order valence-corrected chi connectivity index (χ4v) is 2.52. The standard InChI is InChI=1S/C17H34N4O2.HI/c1-13-9-7-8-10-14(13)20-16(18-11-15(22)21(4)5)19-12-17(2,3)23-6;/h13-14H,7-12H2,1-6H3,(H2,18,19,20);1H. The Kier molecular flexibility index (Phi) is 10.9. The van der Waals surface area contributed by atoms with Gasteiger partial charge in [0.25, 0.3) is 0 Å². The summed E-state index contributed by atoms with van der Waals surface area (Å²) in [5, 5.41) is 6.83. The van der Waals surface area contributed by atoms with Crippen LogP contribution in [0.3, 0.4) is 0 Å². The molecule has 0 bridgehead atoms. The Bertz CT molecular complexity index is 413. The van der Waals surface area contributed by atoms with Gasteiger partial charge in [0, 0.05) is 33.8 Å². The van der Waals surface area contributed by atoms with Crippen molar-refractivity contribution >= 4 is 35.8 Å². The molecule has 1 fully saturated rings. The van der Waals surface area contributed by atoms with Crippen LogP contribution in [0.5, 0.6) is 0 Å². The molecule has 2 N–H and O–H groups in total. The maximum absolute atomic E-state index is 11.8. The van der Waals surface area contributed by atoms with Gasteiger partial charge < -0.3 is 20.3 Å². The van der Waals surface area contributed by atoms with Gasteiger partial charge >= 0.3 is 0 Å². The number of carbonyl (C=O) groups is 1. The first kappa shape index (κ1) is 23.4. The molecule has 7 heteroatoms. The molecule has 0 aromatic carbocycles. The summed E-state index contributed by atoms with van der Waals surface area (Å²) in [6.45, 7) is 7.10. The SMILES string of the molecule is COC(C)(C)CNC(=NCC(=O)N(C)C)NC1CCCCC1C.I. The molecule has 0 radical (unpaired) electrons. The normalized spacial score (nSPS) is 21.7. The van der Waals surface area contributed by atoms with Crippen LogP contribution in [-0.4, -0.2) is 62.7 Å². The van der Waals surface area contributed by atoms with Crippen molar-refractivity contribution in [3.8, 4) is 0 Å². The number of halogens is 1. The Morgan fingerprint density at radius 2 is 1.92 bits per heavy atom. The number of hydrogen-bond acceptors (Lipinski definition) is 3. The van der Waals surface area contributed by atoms with Crippen molar-refractivity contribution in [2.45, 2.75) is 58.1 Å². The average molecular weight is 454 g/mol. The molecule has 6 nitrogen and oxygen atoms in total. The van der Waals surface area contributed by atoms with E-state index in [1.165, 1.54) is 19.3 Å². The van der Waals surface area contributed by atoms with Gasteiger partial charge in [-0.3, -0.25) is 4.79 Å². The van der Waals surface area contributed by atoms with Crippen molar-refractivity contribution in [2.24, 2.45) is 10.9 Å². The van der Waals surface area contributed by atoms with Crippen molar-refractivity contribution in [3.63, 3.8) is 0 Å². The fourth-order valence-electron chi connectivity index (χ4n) is 2.52. The summed E-state index contributed by atoms with van der Waals surface area (Å²) in [7, 11) is 5.19. The Morgan fingerprint density at radius 3 is 2.46 bits per heavy atom. The fraction of sp³-hybridized carbons (Fsp3) is 0.882. The zero-order valence-electron chi connectivity index (χ0n) is 16.0. The van der Waals surface area contributed by atoms with E-state index >= 15 is 0 Å². The summed E-state index contributed by atoms with van der Waals surface area (Å²) in [6.07, 6.45) is 4.94. The lowest BCUT2D eigenvalue weighted by atomic mass is 9.86.